The summed E-state index contributed by atoms with van der Waals surface area (Å²) in [6.45, 7) is 0. The molecular weight excluding hydrogens is 240 g/mol. The van der Waals surface area contributed by atoms with Gasteiger partial charge in [-0.15, -0.1) is 0 Å². The van der Waals surface area contributed by atoms with Crippen LogP contribution in [0.25, 0.3) is 0 Å². The molecule has 1 unspecified atom stereocenters. The summed E-state index contributed by atoms with van der Waals surface area (Å²) in [4.78, 5) is 0. The van der Waals surface area contributed by atoms with Crippen LogP contribution in [-0.4, -0.2) is 17.8 Å². The van der Waals surface area contributed by atoms with Crippen molar-refractivity contribution in [1.82, 2.24) is 0 Å². The van der Waals surface area contributed by atoms with Crippen LogP contribution in [0.5, 0.6) is 11.5 Å². The van der Waals surface area contributed by atoms with Crippen molar-refractivity contribution in [2.24, 2.45) is 0 Å². The molecule has 1 aliphatic carbocycles. The van der Waals surface area contributed by atoms with Crippen LogP contribution in [0.4, 0.5) is 0 Å². The van der Waals surface area contributed by atoms with Gasteiger partial charge in [0, 0.05) is 12.0 Å². The molecule has 0 aromatic heterocycles. The van der Waals surface area contributed by atoms with Crippen LogP contribution >= 0.6 is 0 Å². The Kier molecular flexibility index (Phi) is 3.40. The van der Waals surface area contributed by atoms with Crippen LogP contribution in [0, 0.1) is 0 Å². The van der Waals surface area contributed by atoms with Gasteiger partial charge in [-0.2, -0.15) is 0 Å². The van der Waals surface area contributed by atoms with E-state index in [1.807, 2.05) is 18.2 Å². The van der Waals surface area contributed by atoms with E-state index in [2.05, 4.69) is 0 Å². The molecule has 3 rings (SSSR count). The lowest BCUT2D eigenvalue weighted by molar-refractivity contribution is -0.0245. The third kappa shape index (κ3) is 2.44. The lowest BCUT2D eigenvalue weighted by atomic mass is 9.83. The first-order chi connectivity index (χ1) is 9.22. The van der Waals surface area contributed by atoms with E-state index in [-0.39, 0.29) is 5.60 Å². The molecule has 1 aliphatic heterocycles. The quantitative estimate of drug-likeness (QED) is 0.840. The molecule has 3 nitrogen and oxygen atoms in total. The van der Waals surface area contributed by atoms with Crippen LogP contribution in [-0.2, 0) is 0 Å². The van der Waals surface area contributed by atoms with E-state index >= 15 is 0 Å². The van der Waals surface area contributed by atoms with Crippen molar-refractivity contribution in [2.45, 2.75) is 56.7 Å². The van der Waals surface area contributed by atoms with Crippen molar-refractivity contribution in [3.8, 4) is 11.5 Å². The number of hydrogen-bond acceptors (Lipinski definition) is 3. The third-order valence-corrected chi connectivity index (χ3v) is 4.48. The molecule has 1 N–H and O–H groups in total. The van der Waals surface area contributed by atoms with Crippen molar-refractivity contribution >= 4 is 0 Å². The summed E-state index contributed by atoms with van der Waals surface area (Å²) in [5, 5.41) is 10.5. The number of hydrogen-bond donors (Lipinski definition) is 1. The summed E-state index contributed by atoms with van der Waals surface area (Å²) >= 11 is 0. The summed E-state index contributed by atoms with van der Waals surface area (Å²) in [5.74, 6) is 1.61. The van der Waals surface area contributed by atoms with Gasteiger partial charge in [-0.25, -0.2) is 0 Å². The number of aliphatic hydroxyl groups excluding tert-OH is 1. The average Bonchev–Trinajstić information content (AvgIpc) is 2.64. The molecule has 1 aromatic carbocycles. The van der Waals surface area contributed by atoms with Gasteiger partial charge in [-0.1, -0.05) is 12.8 Å². The number of rotatable bonds is 1. The fraction of sp³-hybridized carbons (Fsp3) is 0.625. The molecule has 1 fully saturated rings. The van der Waals surface area contributed by atoms with Crippen LogP contribution in [0.2, 0.25) is 0 Å². The molecule has 0 amide bonds. The molecule has 19 heavy (non-hydrogen) atoms. The monoisotopic (exact) mass is 262 g/mol. The van der Waals surface area contributed by atoms with E-state index < -0.39 is 6.10 Å². The Morgan fingerprint density at radius 1 is 1.21 bits per heavy atom. The van der Waals surface area contributed by atoms with E-state index in [9.17, 15) is 5.11 Å². The van der Waals surface area contributed by atoms with E-state index in [0.29, 0.717) is 6.42 Å². The zero-order valence-corrected chi connectivity index (χ0v) is 11.5. The Morgan fingerprint density at radius 3 is 2.63 bits per heavy atom. The van der Waals surface area contributed by atoms with Gasteiger partial charge in [-0.3, -0.25) is 0 Å². The molecule has 1 atom stereocenters. The number of fused-ring (bicyclic) bond motifs is 1. The van der Waals surface area contributed by atoms with E-state index in [1.165, 1.54) is 25.7 Å². The highest BCUT2D eigenvalue weighted by Crippen LogP contribution is 2.46. The second-order valence-electron chi connectivity index (χ2n) is 5.82. The Bertz CT molecular complexity index is 447. The van der Waals surface area contributed by atoms with Gasteiger partial charge in [0.1, 0.15) is 17.1 Å². The fourth-order valence-corrected chi connectivity index (χ4v) is 3.42. The highest BCUT2D eigenvalue weighted by atomic mass is 16.5. The molecule has 0 saturated heterocycles. The van der Waals surface area contributed by atoms with Gasteiger partial charge in [0.2, 0.25) is 0 Å². The second kappa shape index (κ2) is 5.04. The maximum atomic E-state index is 10.5. The van der Waals surface area contributed by atoms with Gasteiger partial charge in [-0.05, 0) is 43.9 Å². The molecule has 2 aliphatic rings. The molecule has 3 heteroatoms. The van der Waals surface area contributed by atoms with Gasteiger partial charge < -0.3 is 14.6 Å². The number of aliphatic hydroxyl groups is 1. The van der Waals surface area contributed by atoms with E-state index in [0.717, 1.165) is 29.9 Å². The van der Waals surface area contributed by atoms with E-state index in [1.54, 1.807) is 7.11 Å². The molecular formula is C16H22O3. The third-order valence-electron chi connectivity index (χ3n) is 4.48. The van der Waals surface area contributed by atoms with Crippen molar-refractivity contribution < 1.29 is 14.6 Å². The lowest BCUT2D eigenvalue weighted by Gasteiger charge is -2.40. The summed E-state index contributed by atoms with van der Waals surface area (Å²) in [5.41, 5.74) is 0.728. The van der Waals surface area contributed by atoms with Crippen molar-refractivity contribution in [3.05, 3.63) is 23.8 Å². The first-order valence-electron chi connectivity index (χ1n) is 7.27. The van der Waals surface area contributed by atoms with Crippen LogP contribution in [0.3, 0.4) is 0 Å². The smallest absolute Gasteiger partial charge is 0.126 e. The van der Waals surface area contributed by atoms with Gasteiger partial charge in [0.15, 0.2) is 0 Å². The molecule has 0 radical (unpaired) electrons. The number of benzene rings is 1. The number of ether oxygens (including phenoxy) is 2. The molecule has 1 saturated carbocycles. The fourth-order valence-electron chi connectivity index (χ4n) is 3.42. The Morgan fingerprint density at radius 2 is 1.95 bits per heavy atom. The molecule has 104 valence electrons. The predicted molar refractivity (Wildman–Crippen MR) is 73.6 cm³/mol. The lowest BCUT2D eigenvalue weighted by Crippen LogP contribution is -2.40. The summed E-state index contributed by atoms with van der Waals surface area (Å²) in [6, 6.07) is 5.73. The Balaban J connectivity index is 1.90. The highest BCUT2D eigenvalue weighted by Gasteiger charge is 2.40. The normalized spacial score (nSPS) is 25.3. The first kappa shape index (κ1) is 12.8. The zero-order valence-electron chi connectivity index (χ0n) is 11.5. The van der Waals surface area contributed by atoms with Crippen LogP contribution < -0.4 is 9.47 Å². The summed E-state index contributed by atoms with van der Waals surface area (Å²) in [6.07, 6.45) is 7.40. The van der Waals surface area contributed by atoms with Crippen molar-refractivity contribution in [2.75, 3.05) is 7.11 Å². The van der Waals surface area contributed by atoms with Crippen molar-refractivity contribution in [3.63, 3.8) is 0 Å². The minimum absolute atomic E-state index is 0.141. The molecule has 0 bridgehead atoms. The molecule has 1 aromatic rings. The molecule has 1 heterocycles. The highest BCUT2D eigenvalue weighted by molar-refractivity contribution is 5.43. The predicted octanol–water partition coefficient (Wildman–Crippen LogP) is 3.60. The van der Waals surface area contributed by atoms with E-state index in [4.69, 9.17) is 9.47 Å². The topological polar surface area (TPSA) is 38.7 Å². The zero-order chi connectivity index (χ0) is 13.3. The standard InChI is InChI=1S/C16H22O3/c1-18-12-6-7-15-13(10-12)14(17)11-16(19-15)8-4-2-3-5-9-16/h6-7,10,14,17H,2-5,8-9,11H2,1H3. The number of methoxy groups -OCH3 is 1. The first-order valence-corrected chi connectivity index (χ1v) is 7.27. The largest absolute Gasteiger partial charge is 0.497 e. The summed E-state index contributed by atoms with van der Waals surface area (Å²) in [7, 11) is 1.64. The SMILES string of the molecule is COc1ccc2c(c1)C(O)CC1(CCCCCC1)O2. The van der Waals surface area contributed by atoms with Crippen molar-refractivity contribution in [1.29, 1.82) is 0 Å². The summed E-state index contributed by atoms with van der Waals surface area (Å²) < 4.78 is 11.5. The molecule has 1 spiro atoms. The van der Waals surface area contributed by atoms with Gasteiger partial charge in [0.05, 0.1) is 13.2 Å². The minimum atomic E-state index is -0.433. The minimum Gasteiger partial charge on any atom is -0.497 e. The second-order valence-corrected chi connectivity index (χ2v) is 5.82. The average molecular weight is 262 g/mol. The maximum absolute atomic E-state index is 10.5. The Labute approximate surface area is 114 Å². The van der Waals surface area contributed by atoms with Crippen LogP contribution in [0.1, 0.15) is 56.6 Å². The maximum Gasteiger partial charge on any atom is 0.126 e. The van der Waals surface area contributed by atoms with Gasteiger partial charge in [0.25, 0.3) is 0 Å². The van der Waals surface area contributed by atoms with Crippen LogP contribution in [0.15, 0.2) is 18.2 Å². The van der Waals surface area contributed by atoms with Gasteiger partial charge >= 0.3 is 0 Å². The Hall–Kier alpha value is -1.22.